The molecule has 1 amide bonds. The van der Waals surface area contributed by atoms with Gasteiger partial charge in [-0.15, -0.1) is 11.3 Å². The van der Waals surface area contributed by atoms with Crippen molar-refractivity contribution < 1.29 is 14.3 Å². The van der Waals surface area contributed by atoms with E-state index in [1.54, 1.807) is 17.6 Å². The number of nitrogens with one attached hydrogen (secondary N) is 1. The standard InChI is InChI=1S/C22H24N2O3S/c1-17(18-8-3-2-4-9-18)26-13-7-12-23-22(25)20-10-5-6-11-21(20)27-14-19-15-28-16-24-19/h2-6,8-11,15-17H,7,12-14H2,1H3,(H,23,25). The molecule has 1 aromatic heterocycles. The summed E-state index contributed by atoms with van der Waals surface area (Å²) in [4.78, 5) is 16.7. The van der Waals surface area contributed by atoms with E-state index in [0.717, 1.165) is 17.7 Å². The van der Waals surface area contributed by atoms with Crippen LogP contribution in [0.3, 0.4) is 0 Å². The third kappa shape index (κ3) is 5.90. The number of hydrogen-bond acceptors (Lipinski definition) is 5. The highest BCUT2D eigenvalue weighted by atomic mass is 32.1. The molecule has 0 spiro atoms. The number of rotatable bonds is 10. The molecule has 146 valence electrons. The predicted octanol–water partition coefficient (Wildman–Crippen LogP) is 4.62. The first-order chi connectivity index (χ1) is 13.7. The average Bonchev–Trinajstić information content (AvgIpc) is 3.26. The Balaban J connectivity index is 1.42. The summed E-state index contributed by atoms with van der Waals surface area (Å²) in [7, 11) is 0. The Morgan fingerprint density at radius 2 is 1.93 bits per heavy atom. The lowest BCUT2D eigenvalue weighted by Gasteiger charge is -2.14. The summed E-state index contributed by atoms with van der Waals surface area (Å²) < 4.78 is 11.6. The first kappa shape index (κ1) is 20.0. The summed E-state index contributed by atoms with van der Waals surface area (Å²) in [6.45, 7) is 3.50. The largest absolute Gasteiger partial charge is 0.486 e. The number of para-hydroxylation sites is 1. The van der Waals surface area contributed by atoms with Crippen LogP contribution in [0.2, 0.25) is 0 Å². The lowest BCUT2D eigenvalue weighted by molar-refractivity contribution is 0.0634. The van der Waals surface area contributed by atoms with E-state index < -0.39 is 0 Å². The number of benzene rings is 2. The zero-order valence-corrected chi connectivity index (χ0v) is 16.7. The predicted molar refractivity (Wildman–Crippen MR) is 111 cm³/mol. The average molecular weight is 397 g/mol. The molecule has 3 rings (SSSR count). The number of ether oxygens (including phenoxy) is 2. The van der Waals surface area contributed by atoms with Crippen molar-refractivity contribution in [3.05, 3.63) is 82.3 Å². The first-order valence-corrected chi connectivity index (χ1v) is 10.2. The summed E-state index contributed by atoms with van der Waals surface area (Å²) in [5.41, 5.74) is 4.29. The maximum Gasteiger partial charge on any atom is 0.255 e. The summed E-state index contributed by atoms with van der Waals surface area (Å²) in [6, 6.07) is 17.3. The van der Waals surface area contributed by atoms with Crippen molar-refractivity contribution in [3.63, 3.8) is 0 Å². The van der Waals surface area contributed by atoms with Gasteiger partial charge >= 0.3 is 0 Å². The number of amides is 1. The van der Waals surface area contributed by atoms with Crippen molar-refractivity contribution in [3.8, 4) is 5.75 Å². The van der Waals surface area contributed by atoms with Crippen LogP contribution in [0, 0.1) is 0 Å². The second kappa shape index (κ2) is 10.6. The summed E-state index contributed by atoms with van der Waals surface area (Å²) >= 11 is 1.52. The smallest absolute Gasteiger partial charge is 0.255 e. The highest BCUT2D eigenvalue weighted by Gasteiger charge is 2.12. The number of nitrogens with zero attached hydrogens (tertiary/aromatic N) is 1. The van der Waals surface area contributed by atoms with Crippen LogP contribution in [0.25, 0.3) is 0 Å². The van der Waals surface area contributed by atoms with Crippen molar-refractivity contribution in [1.29, 1.82) is 0 Å². The van der Waals surface area contributed by atoms with Gasteiger partial charge in [-0.05, 0) is 31.0 Å². The van der Waals surface area contributed by atoms with Gasteiger partial charge in [-0.3, -0.25) is 4.79 Å². The molecule has 2 aromatic carbocycles. The van der Waals surface area contributed by atoms with E-state index in [4.69, 9.17) is 9.47 Å². The summed E-state index contributed by atoms with van der Waals surface area (Å²) in [5, 5.41) is 4.86. The van der Waals surface area contributed by atoms with Crippen LogP contribution in [0.15, 0.2) is 65.5 Å². The molecule has 1 heterocycles. The molecule has 1 N–H and O–H groups in total. The van der Waals surface area contributed by atoms with E-state index in [0.29, 0.717) is 31.1 Å². The SMILES string of the molecule is CC(OCCCNC(=O)c1ccccc1OCc1cscn1)c1ccccc1. The van der Waals surface area contributed by atoms with Crippen LogP contribution >= 0.6 is 11.3 Å². The highest BCUT2D eigenvalue weighted by Crippen LogP contribution is 2.19. The molecule has 5 nitrogen and oxygen atoms in total. The molecular formula is C22H24N2O3S. The van der Waals surface area contributed by atoms with Crippen molar-refractivity contribution in [1.82, 2.24) is 10.3 Å². The molecule has 0 aliphatic rings. The molecule has 0 radical (unpaired) electrons. The van der Waals surface area contributed by atoms with Crippen LogP contribution in [-0.4, -0.2) is 24.0 Å². The van der Waals surface area contributed by atoms with Crippen molar-refractivity contribution in [2.45, 2.75) is 26.1 Å². The fourth-order valence-corrected chi connectivity index (χ4v) is 3.23. The number of thiazole rings is 1. The van der Waals surface area contributed by atoms with Gasteiger partial charge in [0, 0.05) is 18.5 Å². The van der Waals surface area contributed by atoms with Gasteiger partial charge in [-0.2, -0.15) is 0 Å². The number of carbonyl (C=O) groups excluding carboxylic acids is 1. The lowest BCUT2D eigenvalue weighted by atomic mass is 10.1. The Labute approximate surface area is 169 Å². The zero-order valence-electron chi connectivity index (χ0n) is 15.8. The van der Waals surface area contributed by atoms with Gasteiger partial charge < -0.3 is 14.8 Å². The Hall–Kier alpha value is -2.70. The highest BCUT2D eigenvalue weighted by molar-refractivity contribution is 7.07. The van der Waals surface area contributed by atoms with Crippen molar-refractivity contribution >= 4 is 17.2 Å². The van der Waals surface area contributed by atoms with Gasteiger partial charge in [0.15, 0.2) is 0 Å². The lowest BCUT2D eigenvalue weighted by Crippen LogP contribution is -2.26. The van der Waals surface area contributed by atoms with E-state index in [9.17, 15) is 4.79 Å². The topological polar surface area (TPSA) is 60.5 Å². The maximum absolute atomic E-state index is 12.5. The molecule has 0 bridgehead atoms. The first-order valence-electron chi connectivity index (χ1n) is 9.27. The third-order valence-electron chi connectivity index (χ3n) is 4.23. The van der Waals surface area contributed by atoms with E-state index >= 15 is 0 Å². The van der Waals surface area contributed by atoms with E-state index in [1.165, 1.54) is 11.3 Å². The van der Waals surface area contributed by atoms with Gasteiger partial charge in [0.25, 0.3) is 5.91 Å². The normalized spacial score (nSPS) is 11.8. The third-order valence-corrected chi connectivity index (χ3v) is 4.87. The van der Waals surface area contributed by atoms with Crippen molar-refractivity contribution in [2.24, 2.45) is 0 Å². The number of aromatic nitrogens is 1. The molecule has 0 aliphatic carbocycles. The molecule has 1 atom stereocenters. The minimum absolute atomic E-state index is 0.0386. The van der Waals surface area contributed by atoms with Crippen LogP contribution < -0.4 is 10.1 Å². The minimum Gasteiger partial charge on any atom is -0.486 e. The fourth-order valence-electron chi connectivity index (χ4n) is 2.69. The zero-order chi connectivity index (χ0) is 19.6. The summed E-state index contributed by atoms with van der Waals surface area (Å²) in [6.07, 6.45) is 0.779. The molecule has 1 unspecified atom stereocenters. The Morgan fingerprint density at radius 1 is 1.14 bits per heavy atom. The Kier molecular flexibility index (Phi) is 7.58. The van der Waals surface area contributed by atoms with Gasteiger partial charge in [0.05, 0.1) is 22.9 Å². The second-order valence-corrected chi connectivity index (χ2v) is 7.02. The van der Waals surface area contributed by atoms with E-state index in [2.05, 4.69) is 22.4 Å². The van der Waals surface area contributed by atoms with Gasteiger partial charge in [-0.25, -0.2) is 4.98 Å². The maximum atomic E-state index is 12.5. The summed E-state index contributed by atoms with van der Waals surface area (Å²) in [5.74, 6) is 0.409. The number of carbonyl (C=O) groups is 1. The quantitative estimate of drug-likeness (QED) is 0.508. The van der Waals surface area contributed by atoms with Gasteiger partial charge in [0.1, 0.15) is 12.4 Å². The van der Waals surface area contributed by atoms with Gasteiger partial charge in [0.2, 0.25) is 0 Å². The van der Waals surface area contributed by atoms with Crippen LogP contribution in [0.5, 0.6) is 5.75 Å². The minimum atomic E-state index is -0.148. The number of hydrogen-bond donors (Lipinski definition) is 1. The Bertz CT molecular complexity index is 853. The molecule has 0 aliphatic heterocycles. The molecular weight excluding hydrogens is 372 g/mol. The Morgan fingerprint density at radius 3 is 2.71 bits per heavy atom. The molecule has 3 aromatic rings. The van der Waals surface area contributed by atoms with E-state index in [-0.39, 0.29) is 12.0 Å². The van der Waals surface area contributed by atoms with Crippen LogP contribution in [0.1, 0.15) is 41.1 Å². The molecule has 0 saturated carbocycles. The van der Waals surface area contributed by atoms with Gasteiger partial charge in [-0.1, -0.05) is 42.5 Å². The second-order valence-electron chi connectivity index (χ2n) is 6.30. The molecule has 28 heavy (non-hydrogen) atoms. The fraction of sp³-hybridized carbons (Fsp3) is 0.273. The molecule has 6 heteroatoms. The van der Waals surface area contributed by atoms with Crippen LogP contribution in [-0.2, 0) is 11.3 Å². The van der Waals surface area contributed by atoms with Crippen LogP contribution in [0.4, 0.5) is 0 Å². The van der Waals surface area contributed by atoms with E-state index in [1.807, 2.05) is 42.6 Å². The van der Waals surface area contributed by atoms with Crippen molar-refractivity contribution in [2.75, 3.05) is 13.2 Å². The molecule has 0 fully saturated rings. The molecule has 0 saturated heterocycles. The monoisotopic (exact) mass is 396 g/mol.